The number of likely N-dealkylation sites (tertiary alicyclic amines) is 1. The van der Waals surface area contributed by atoms with Gasteiger partial charge in [0.2, 0.25) is 0 Å². The molecule has 0 bridgehead atoms. The number of aryl methyl sites for hydroxylation is 2. The lowest BCUT2D eigenvalue weighted by atomic mass is 9.89. The minimum Gasteiger partial charge on any atom is -0.390 e. The molecule has 2 atom stereocenters. The molecule has 2 unspecified atom stereocenters. The van der Waals surface area contributed by atoms with Gasteiger partial charge >= 0.3 is 0 Å². The number of hydrogen-bond donors (Lipinski definition) is 2. The molecule has 164 valence electrons. The number of rotatable bonds is 6. The number of aliphatic hydroxyl groups excluding tert-OH is 1. The zero-order valence-corrected chi connectivity index (χ0v) is 18.6. The van der Waals surface area contributed by atoms with Gasteiger partial charge in [-0.15, -0.1) is 0 Å². The molecular weight excluding hydrogens is 372 g/mol. The van der Waals surface area contributed by atoms with Crippen LogP contribution in [0.5, 0.6) is 0 Å². The maximum Gasteiger partial charge on any atom is 0.0791 e. The number of fused-ring (bicyclic) bond motifs is 3. The SMILES string of the molecule is Cc1ccc2c(c1)c1c3n2CCN(CC(O)CNCN2CCCCCC2)C3CCC1. The van der Waals surface area contributed by atoms with Gasteiger partial charge in [0.25, 0.3) is 0 Å². The van der Waals surface area contributed by atoms with Crippen molar-refractivity contribution in [3.63, 3.8) is 0 Å². The maximum absolute atomic E-state index is 10.8. The van der Waals surface area contributed by atoms with Crippen molar-refractivity contribution < 1.29 is 5.11 Å². The molecule has 0 amide bonds. The Balaban J connectivity index is 1.23. The molecule has 2 aliphatic heterocycles. The summed E-state index contributed by atoms with van der Waals surface area (Å²) >= 11 is 0. The van der Waals surface area contributed by atoms with Crippen molar-refractivity contribution in [2.75, 3.05) is 39.4 Å². The van der Waals surface area contributed by atoms with Gasteiger partial charge in [0, 0.05) is 49.4 Å². The van der Waals surface area contributed by atoms with Crippen molar-refractivity contribution in [3.8, 4) is 0 Å². The summed E-state index contributed by atoms with van der Waals surface area (Å²) in [6.45, 7) is 9.06. The molecule has 0 spiro atoms. The quantitative estimate of drug-likeness (QED) is 0.766. The van der Waals surface area contributed by atoms with E-state index in [1.54, 1.807) is 5.56 Å². The van der Waals surface area contributed by atoms with Crippen LogP contribution in [0.4, 0.5) is 0 Å². The zero-order chi connectivity index (χ0) is 20.5. The molecule has 2 N–H and O–H groups in total. The largest absolute Gasteiger partial charge is 0.390 e. The summed E-state index contributed by atoms with van der Waals surface area (Å²) < 4.78 is 2.58. The highest BCUT2D eigenvalue weighted by Gasteiger charge is 2.35. The van der Waals surface area contributed by atoms with Gasteiger partial charge in [0.05, 0.1) is 12.1 Å². The first kappa shape index (κ1) is 20.5. The number of nitrogens with zero attached hydrogens (tertiary/aromatic N) is 3. The van der Waals surface area contributed by atoms with E-state index in [0.29, 0.717) is 12.6 Å². The van der Waals surface area contributed by atoms with Crippen LogP contribution < -0.4 is 5.32 Å². The highest BCUT2D eigenvalue weighted by atomic mass is 16.3. The smallest absolute Gasteiger partial charge is 0.0791 e. The van der Waals surface area contributed by atoms with E-state index < -0.39 is 0 Å². The van der Waals surface area contributed by atoms with E-state index in [1.165, 1.54) is 80.2 Å². The Hall–Kier alpha value is -1.40. The lowest BCUT2D eigenvalue weighted by molar-refractivity contribution is 0.0617. The van der Waals surface area contributed by atoms with Gasteiger partial charge in [-0.05, 0) is 69.8 Å². The Labute approximate surface area is 181 Å². The van der Waals surface area contributed by atoms with Crippen LogP contribution in [0.25, 0.3) is 10.9 Å². The zero-order valence-electron chi connectivity index (χ0n) is 18.6. The summed E-state index contributed by atoms with van der Waals surface area (Å²) in [6, 6.07) is 7.41. The lowest BCUT2D eigenvalue weighted by Gasteiger charge is -2.40. The maximum atomic E-state index is 10.8. The second-order valence-corrected chi connectivity index (χ2v) is 9.74. The van der Waals surface area contributed by atoms with Crippen molar-refractivity contribution in [2.24, 2.45) is 0 Å². The number of aliphatic hydroxyl groups is 1. The van der Waals surface area contributed by atoms with Crippen molar-refractivity contribution in [1.29, 1.82) is 0 Å². The van der Waals surface area contributed by atoms with Gasteiger partial charge in [-0.3, -0.25) is 9.80 Å². The minimum atomic E-state index is -0.305. The van der Waals surface area contributed by atoms with Gasteiger partial charge < -0.3 is 15.0 Å². The van der Waals surface area contributed by atoms with Crippen molar-refractivity contribution in [3.05, 3.63) is 35.0 Å². The third-order valence-electron chi connectivity index (χ3n) is 7.50. The second kappa shape index (κ2) is 8.99. The predicted octanol–water partition coefficient (Wildman–Crippen LogP) is 3.43. The molecule has 1 aliphatic carbocycles. The number of aromatic nitrogens is 1. The molecule has 5 heteroatoms. The standard InChI is InChI=1S/C25H38N4O/c1-19-9-10-23-22(15-19)21-7-6-8-24-25(21)29(23)14-13-28(24)17-20(30)16-26-18-27-11-4-2-3-5-12-27/h9-10,15,20,24,26,30H,2-8,11-14,16-18H2,1H3. The number of benzene rings is 1. The molecule has 0 saturated carbocycles. The molecule has 5 nitrogen and oxygen atoms in total. The van der Waals surface area contributed by atoms with Crippen LogP contribution in [-0.2, 0) is 13.0 Å². The van der Waals surface area contributed by atoms with E-state index >= 15 is 0 Å². The molecule has 2 aromatic rings. The van der Waals surface area contributed by atoms with Crippen molar-refractivity contribution in [2.45, 2.75) is 70.6 Å². The van der Waals surface area contributed by atoms with Crippen LogP contribution in [0.2, 0.25) is 0 Å². The number of β-amino-alcohol motifs (C(OH)–C–C–N with tert-alkyl or cyclic N) is 1. The van der Waals surface area contributed by atoms with Gasteiger partial charge in [0.15, 0.2) is 0 Å². The fourth-order valence-corrected chi connectivity index (χ4v) is 6.03. The van der Waals surface area contributed by atoms with Crippen molar-refractivity contribution >= 4 is 10.9 Å². The summed E-state index contributed by atoms with van der Waals surface area (Å²) in [6.07, 6.45) is 8.74. The minimum absolute atomic E-state index is 0.305. The van der Waals surface area contributed by atoms with Crippen molar-refractivity contribution in [1.82, 2.24) is 19.7 Å². The first-order chi connectivity index (χ1) is 14.7. The predicted molar refractivity (Wildman–Crippen MR) is 123 cm³/mol. The lowest BCUT2D eigenvalue weighted by Crippen LogP contribution is -2.46. The molecule has 30 heavy (non-hydrogen) atoms. The summed E-state index contributed by atoms with van der Waals surface area (Å²) in [4.78, 5) is 5.07. The Morgan fingerprint density at radius 1 is 1.07 bits per heavy atom. The van der Waals surface area contributed by atoms with E-state index in [9.17, 15) is 5.11 Å². The highest BCUT2D eigenvalue weighted by Crippen LogP contribution is 2.42. The van der Waals surface area contributed by atoms with E-state index in [1.807, 2.05) is 0 Å². The van der Waals surface area contributed by atoms with Crippen LogP contribution in [0.15, 0.2) is 18.2 Å². The van der Waals surface area contributed by atoms with Gasteiger partial charge in [-0.2, -0.15) is 0 Å². The van der Waals surface area contributed by atoms with Crippen LogP contribution >= 0.6 is 0 Å². The Kier molecular flexibility index (Phi) is 6.15. The fraction of sp³-hybridized carbons (Fsp3) is 0.680. The normalized spacial score (nSPS) is 24.0. The molecule has 1 aromatic carbocycles. The fourth-order valence-electron chi connectivity index (χ4n) is 6.03. The molecule has 1 saturated heterocycles. The molecular formula is C25H38N4O. The molecule has 0 radical (unpaired) electrons. The van der Waals surface area contributed by atoms with Crippen LogP contribution in [-0.4, -0.2) is 65.0 Å². The van der Waals surface area contributed by atoms with Crippen LogP contribution in [0, 0.1) is 6.92 Å². The topological polar surface area (TPSA) is 43.7 Å². The molecule has 3 aliphatic rings. The van der Waals surface area contributed by atoms with Crippen LogP contribution in [0.3, 0.4) is 0 Å². The first-order valence-corrected chi connectivity index (χ1v) is 12.2. The second-order valence-electron chi connectivity index (χ2n) is 9.74. The van der Waals surface area contributed by atoms with Gasteiger partial charge in [0.1, 0.15) is 0 Å². The van der Waals surface area contributed by atoms with Gasteiger partial charge in [-0.1, -0.05) is 24.5 Å². The van der Waals surface area contributed by atoms with E-state index in [2.05, 4.69) is 44.8 Å². The van der Waals surface area contributed by atoms with Gasteiger partial charge in [-0.25, -0.2) is 0 Å². The van der Waals surface area contributed by atoms with E-state index in [4.69, 9.17) is 0 Å². The Morgan fingerprint density at radius 2 is 1.90 bits per heavy atom. The van der Waals surface area contributed by atoms with E-state index in [-0.39, 0.29) is 6.10 Å². The summed E-state index contributed by atoms with van der Waals surface area (Å²) in [5.74, 6) is 0. The first-order valence-electron chi connectivity index (χ1n) is 12.2. The molecule has 3 heterocycles. The number of nitrogens with one attached hydrogen (secondary N) is 1. The molecule has 1 aromatic heterocycles. The average Bonchev–Trinajstić information content (AvgIpc) is 2.90. The number of hydrogen-bond acceptors (Lipinski definition) is 4. The highest BCUT2D eigenvalue weighted by molar-refractivity contribution is 5.87. The third-order valence-corrected chi connectivity index (χ3v) is 7.50. The van der Waals surface area contributed by atoms with E-state index in [0.717, 1.165) is 26.3 Å². The molecule has 1 fully saturated rings. The summed E-state index contributed by atoms with van der Waals surface area (Å²) in [7, 11) is 0. The Bertz CT molecular complexity index is 868. The summed E-state index contributed by atoms with van der Waals surface area (Å²) in [5, 5.41) is 15.8. The molecule has 5 rings (SSSR count). The summed E-state index contributed by atoms with van der Waals surface area (Å²) in [5.41, 5.74) is 5.88. The Morgan fingerprint density at radius 3 is 2.73 bits per heavy atom. The monoisotopic (exact) mass is 410 g/mol. The van der Waals surface area contributed by atoms with Crippen LogP contribution in [0.1, 0.15) is 61.4 Å². The average molecular weight is 411 g/mol. The third kappa shape index (κ3) is 4.05.